The van der Waals surface area contributed by atoms with Gasteiger partial charge in [-0.3, -0.25) is 4.99 Å². The first-order valence-corrected chi connectivity index (χ1v) is 9.98. The van der Waals surface area contributed by atoms with Crippen molar-refractivity contribution in [3.63, 3.8) is 0 Å². The van der Waals surface area contributed by atoms with Crippen LogP contribution in [0.2, 0.25) is 0 Å². The van der Waals surface area contributed by atoms with E-state index in [1.165, 1.54) is 11.8 Å². The number of nitrogens with zero attached hydrogens (tertiary/aromatic N) is 1. The maximum Gasteiger partial charge on any atom is 0.407 e. The summed E-state index contributed by atoms with van der Waals surface area (Å²) in [4.78, 5) is 16.1. The molecule has 1 amide bonds. The van der Waals surface area contributed by atoms with Gasteiger partial charge in [0.1, 0.15) is 24.3 Å². The third-order valence-corrected chi connectivity index (χ3v) is 5.95. The predicted octanol–water partition coefficient (Wildman–Crippen LogP) is 1.77. The van der Waals surface area contributed by atoms with Crippen molar-refractivity contribution < 1.29 is 24.5 Å². The number of fused-ring (bicyclic) bond motifs is 1. The topological polar surface area (TPSA) is 100 Å². The Hall–Kier alpha value is -0.830. The molecule has 0 aromatic heterocycles. The zero-order valence-electron chi connectivity index (χ0n) is 15.2. The van der Waals surface area contributed by atoms with E-state index in [4.69, 9.17) is 9.47 Å². The Labute approximate surface area is 153 Å². The summed E-state index contributed by atoms with van der Waals surface area (Å²) in [5, 5.41) is 24.6. The van der Waals surface area contributed by atoms with Gasteiger partial charge in [0.15, 0.2) is 0 Å². The Bertz CT molecular complexity index is 476. The van der Waals surface area contributed by atoms with Crippen molar-refractivity contribution in [1.29, 1.82) is 0 Å². The standard InChI is InChI=1S/C17H30N2O5S/c1-4-8-19-12-7-6-10(3)13-15(21)14(20)11(24-16(13)25-12)9-23-17(22)18-5-2/h10-11,13-16,20-21H,4-9H2,1-3H3,(H,18,22). The van der Waals surface area contributed by atoms with E-state index in [0.717, 1.165) is 30.9 Å². The van der Waals surface area contributed by atoms with Crippen LogP contribution < -0.4 is 5.32 Å². The molecule has 6 unspecified atom stereocenters. The van der Waals surface area contributed by atoms with Crippen LogP contribution in [0.25, 0.3) is 0 Å². The smallest absolute Gasteiger partial charge is 0.407 e. The van der Waals surface area contributed by atoms with Gasteiger partial charge < -0.3 is 25.0 Å². The lowest BCUT2D eigenvalue weighted by atomic mass is 9.81. The van der Waals surface area contributed by atoms with Gasteiger partial charge in [0.25, 0.3) is 0 Å². The maximum absolute atomic E-state index is 11.5. The molecule has 0 radical (unpaired) electrons. The lowest BCUT2D eigenvalue weighted by molar-refractivity contribution is -0.193. The molecule has 0 aromatic carbocycles. The molecular formula is C17H30N2O5S. The molecule has 8 heteroatoms. The molecule has 2 saturated heterocycles. The first-order valence-electron chi connectivity index (χ1n) is 9.10. The number of hydrogen-bond acceptors (Lipinski definition) is 7. The summed E-state index contributed by atoms with van der Waals surface area (Å²) in [5.41, 5.74) is -0.297. The number of alkyl carbamates (subject to hydrolysis) is 1. The number of thioether (sulfide) groups is 1. The minimum absolute atomic E-state index is 0.0936. The number of hydrogen-bond donors (Lipinski definition) is 3. The lowest BCUT2D eigenvalue weighted by Gasteiger charge is -2.43. The van der Waals surface area contributed by atoms with Gasteiger partial charge in [-0.05, 0) is 32.1 Å². The fourth-order valence-electron chi connectivity index (χ4n) is 3.24. The van der Waals surface area contributed by atoms with Gasteiger partial charge in [0, 0.05) is 19.0 Å². The molecule has 25 heavy (non-hydrogen) atoms. The van der Waals surface area contributed by atoms with Crippen LogP contribution in [0.15, 0.2) is 4.99 Å². The molecule has 2 aliphatic heterocycles. The zero-order valence-corrected chi connectivity index (χ0v) is 16.0. The summed E-state index contributed by atoms with van der Waals surface area (Å²) >= 11 is 1.53. The van der Waals surface area contributed by atoms with E-state index in [0.29, 0.717) is 6.54 Å². The molecule has 2 fully saturated rings. The Balaban J connectivity index is 2.07. The Morgan fingerprint density at radius 1 is 1.40 bits per heavy atom. The van der Waals surface area contributed by atoms with E-state index in [1.807, 2.05) is 0 Å². The van der Waals surface area contributed by atoms with E-state index in [2.05, 4.69) is 24.2 Å². The summed E-state index contributed by atoms with van der Waals surface area (Å²) in [6.07, 6.45) is -0.526. The molecule has 144 valence electrons. The van der Waals surface area contributed by atoms with E-state index in [1.54, 1.807) is 6.92 Å². The second-order valence-corrected chi connectivity index (χ2v) is 7.81. The first-order chi connectivity index (χ1) is 12.0. The number of carbonyl (C=O) groups excluding carboxylic acids is 1. The molecule has 0 spiro atoms. The molecule has 0 saturated carbocycles. The number of ether oxygens (including phenoxy) is 2. The van der Waals surface area contributed by atoms with Crippen molar-refractivity contribution in [2.24, 2.45) is 16.8 Å². The first kappa shape index (κ1) is 20.5. The van der Waals surface area contributed by atoms with Crippen LogP contribution in [0.5, 0.6) is 0 Å². The fraction of sp³-hybridized carbons (Fsp3) is 0.882. The van der Waals surface area contributed by atoms with Crippen molar-refractivity contribution in [1.82, 2.24) is 5.32 Å². The van der Waals surface area contributed by atoms with E-state index in [-0.39, 0.29) is 23.9 Å². The van der Waals surface area contributed by atoms with Crippen LogP contribution in [-0.2, 0) is 9.47 Å². The number of aliphatic hydroxyl groups is 2. The van der Waals surface area contributed by atoms with Crippen molar-refractivity contribution in [3.05, 3.63) is 0 Å². The Morgan fingerprint density at radius 3 is 2.84 bits per heavy atom. The molecule has 0 aromatic rings. The van der Waals surface area contributed by atoms with Gasteiger partial charge >= 0.3 is 6.09 Å². The van der Waals surface area contributed by atoms with Crippen LogP contribution in [-0.4, -0.2) is 64.8 Å². The molecule has 0 bridgehead atoms. The molecule has 2 rings (SSSR count). The number of aliphatic hydroxyl groups excluding tert-OH is 2. The highest BCUT2D eigenvalue weighted by atomic mass is 32.2. The van der Waals surface area contributed by atoms with Gasteiger partial charge in [-0.1, -0.05) is 25.6 Å². The minimum Gasteiger partial charge on any atom is -0.447 e. The van der Waals surface area contributed by atoms with Gasteiger partial charge in [-0.2, -0.15) is 0 Å². The number of rotatable bonds is 5. The van der Waals surface area contributed by atoms with Crippen molar-refractivity contribution in [2.45, 2.75) is 63.8 Å². The zero-order chi connectivity index (χ0) is 18.4. The summed E-state index contributed by atoms with van der Waals surface area (Å²) in [6, 6.07) is 0. The van der Waals surface area contributed by atoms with Gasteiger partial charge in [0.05, 0.1) is 11.1 Å². The highest BCUT2D eigenvalue weighted by Crippen LogP contribution is 2.42. The second kappa shape index (κ2) is 9.75. The van der Waals surface area contributed by atoms with E-state index in [9.17, 15) is 15.0 Å². The lowest BCUT2D eigenvalue weighted by Crippen LogP contribution is -2.56. The Kier molecular flexibility index (Phi) is 7.99. The average molecular weight is 375 g/mol. The number of amides is 1. The minimum atomic E-state index is -1.08. The quantitative estimate of drug-likeness (QED) is 0.678. The maximum atomic E-state index is 11.5. The monoisotopic (exact) mass is 374 g/mol. The number of aliphatic imine (C=N–C) groups is 1. The molecular weight excluding hydrogens is 344 g/mol. The van der Waals surface area contributed by atoms with Crippen LogP contribution in [0.1, 0.15) is 40.0 Å². The highest BCUT2D eigenvalue weighted by Gasteiger charge is 2.48. The van der Waals surface area contributed by atoms with E-state index >= 15 is 0 Å². The summed E-state index contributed by atoms with van der Waals surface area (Å²) < 4.78 is 11.1. The van der Waals surface area contributed by atoms with E-state index < -0.39 is 24.4 Å². The van der Waals surface area contributed by atoms with Crippen molar-refractivity contribution in [3.8, 4) is 0 Å². The van der Waals surface area contributed by atoms with Gasteiger partial charge in [-0.15, -0.1) is 0 Å². The summed E-state index contributed by atoms with van der Waals surface area (Å²) in [5.74, 6) is 0.0387. The molecule has 2 heterocycles. The van der Waals surface area contributed by atoms with Gasteiger partial charge in [0.2, 0.25) is 0 Å². The second-order valence-electron chi connectivity index (χ2n) is 6.64. The number of carbonyl (C=O) groups is 1. The van der Waals surface area contributed by atoms with Crippen LogP contribution in [0.4, 0.5) is 4.79 Å². The van der Waals surface area contributed by atoms with Crippen LogP contribution >= 0.6 is 11.8 Å². The largest absolute Gasteiger partial charge is 0.447 e. The predicted molar refractivity (Wildman–Crippen MR) is 97.8 cm³/mol. The number of nitrogens with one attached hydrogen (secondary N) is 1. The van der Waals surface area contributed by atoms with Crippen LogP contribution in [0.3, 0.4) is 0 Å². The van der Waals surface area contributed by atoms with Gasteiger partial charge in [-0.25, -0.2) is 4.79 Å². The molecule has 2 aliphatic rings. The average Bonchev–Trinajstić information content (AvgIpc) is 2.74. The third-order valence-electron chi connectivity index (χ3n) is 4.68. The molecule has 7 nitrogen and oxygen atoms in total. The third kappa shape index (κ3) is 5.32. The van der Waals surface area contributed by atoms with Crippen LogP contribution in [0, 0.1) is 11.8 Å². The van der Waals surface area contributed by atoms with Crippen molar-refractivity contribution in [2.75, 3.05) is 19.7 Å². The Morgan fingerprint density at radius 2 is 2.16 bits per heavy atom. The summed E-state index contributed by atoms with van der Waals surface area (Å²) in [6.45, 7) is 7.11. The summed E-state index contributed by atoms with van der Waals surface area (Å²) in [7, 11) is 0. The fourth-order valence-corrected chi connectivity index (χ4v) is 4.70. The molecule has 6 atom stereocenters. The normalized spacial score (nSPS) is 37.2. The molecule has 0 aliphatic carbocycles. The molecule has 3 N–H and O–H groups in total. The van der Waals surface area contributed by atoms with Crippen molar-refractivity contribution >= 4 is 22.9 Å². The SMILES string of the molecule is CCCN=C1CCC(C)C2C(OC(COC(=O)NCC)C(O)C2O)S1. The highest BCUT2D eigenvalue weighted by molar-refractivity contribution is 8.14.